The fourth-order valence-corrected chi connectivity index (χ4v) is 2.10. The predicted molar refractivity (Wildman–Crippen MR) is 66.4 cm³/mol. The summed E-state index contributed by atoms with van der Waals surface area (Å²) < 4.78 is 0. The highest BCUT2D eigenvalue weighted by Gasteiger charge is 2.17. The second kappa shape index (κ2) is 6.86. The van der Waals surface area contributed by atoms with Crippen LogP contribution in [0.15, 0.2) is 0 Å². The van der Waals surface area contributed by atoms with Crippen LogP contribution in [0.3, 0.4) is 0 Å². The first-order valence-corrected chi connectivity index (χ1v) is 6.30. The number of nitrogens with zero attached hydrogens (tertiary/aromatic N) is 1. The summed E-state index contributed by atoms with van der Waals surface area (Å²) >= 11 is 0. The lowest BCUT2D eigenvalue weighted by Crippen LogP contribution is -2.42. The SMILES string of the molecule is CNC1CCN(CCC(=O)NC(C)C)CC1. The topological polar surface area (TPSA) is 44.4 Å². The number of carbonyl (C=O) groups excluding carboxylic acids is 1. The van der Waals surface area contributed by atoms with Crippen LogP contribution in [0.1, 0.15) is 33.1 Å². The highest BCUT2D eigenvalue weighted by molar-refractivity contribution is 5.76. The maximum absolute atomic E-state index is 11.5. The molecule has 1 saturated heterocycles. The van der Waals surface area contributed by atoms with Gasteiger partial charge >= 0.3 is 0 Å². The van der Waals surface area contributed by atoms with E-state index in [2.05, 4.69) is 15.5 Å². The first-order valence-electron chi connectivity index (χ1n) is 6.30. The molecule has 0 unspecified atom stereocenters. The number of carbonyl (C=O) groups is 1. The molecule has 1 heterocycles. The van der Waals surface area contributed by atoms with Crippen LogP contribution in [-0.2, 0) is 4.79 Å². The quantitative estimate of drug-likeness (QED) is 0.722. The first kappa shape index (κ1) is 13.5. The molecule has 0 aromatic heterocycles. The average molecular weight is 227 g/mol. The van der Waals surface area contributed by atoms with Crippen molar-refractivity contribution < 1.29 is 4.79 Å². The van der Waals surface area contributed by atoms with Crippen LogP contribution in [-0.4, -0.2) is 49.6 Å². The summed E-state index contributed by atoms with van der Waals surface area (Å²) in [6.45, 7) is 7.11. The molecule has 4 nitrogen and oxygen atoms in total. The maximum Gasteiger partial charge on any atom is 0.221 e. The molecule has 1 fully saturated rings. The highest BCUT2D eigenvalue weighted by Crippen LogP contribution is 2.09. The van der Waals surface area contributed by atoms with Gasteiger partial charge in [0.05, 0.1) is 0 Å². The van der Waals surface area contributed by atoms with Crippen molar-refractivity contribution in [1.29, 1.82) is 0 Å². The van der Waals surface area contributed by atoms with E-state index in [1.807, 2.05) is 20.9 Å². The molecule has 0 spiro atoms. The minimum atomic E-state index is 0.172. The minimum Gasteiger partial charge on any atom is -0.354 e. The van der Waals surface area contributed by atoms with E-state index >= 15 is 0 Å². The number of nitrogens with one attached hydrogen (secondary N) is 2. The second-order valence-electron chi connectivity index (χ2n) is 4.88. The van der Waals surface area contributed by atoms with Gasteiger partial charge in [-0.25, -0.2) is 0 Å². The van der Waals surface area contributed by atoms with Gasteiger partial charge in [0.1, 0.15) is 0 Å². The minimum absolute atomic E-state index is 0.172. The van der Waals surface area contributed by atoms with E-state index in [0.29, 0.717) is 12.5 Å². The smallest absolute Gasteiger partial charge is 0.221 e. The van der Waals surface area contributed by atoms with Gasteiger partial charge in [0.2, 0.25) is 5.91 Å². The fraction of sp³-hybridized carbons (Fsp3) is 0.917. The lowest BCUT2D eigenvalue weighted by Gasteiger charge is -2.31. The molecule has 94 valence electrons. The molecule has 0 aliphatic carbocycles. The van der Waals surface area contributed by atoms with Crippen LogP contribution < -0.4 is 10.6 Å². The fourth-order valence-electron chi connectivity index (χ4n) is 2.10. The van der Waals surface area contributed by atoms with Crippen LogP contribution in [0.25, 0.3) is 0 Å². The number of likely N-dealkylation sites (tertiary alicyclic amines) is 1. The van der Waals surface area contributed by atoms with Gasteiger partial charge < -0.3 is 15.5 Å². The van der Waals surface area contributed by atoms with Gasteiger partial charge in [0.25, 0.3) is 0 Å². The van der Waals surface area contributed by atoms with Gasteiger partial charge in [-0.2, -0.15) is 0 Å². The normalized spacial score (nSPS) is 19.0. The summed E-state index contributed by atoms with van der Waals surface area (Å²) in [6, 6.07) is 0.920. The Labute approximate surface area is 98.8 Å². The van der Waals surface area contributed by atoms with Gasteiger partial charge in [0.15, 0.2) is 0 Å². The Bertz CT molecular complexity index is 210. The molecule has 0 saturated carbocycles. The Morgan fingerprint density at radius 1 is 1.38 bits per heavy atom. The molecule has 2 N–H and O–H groups in total. The Balaban J connectivity index is 2.12. The second-order valence-corrected chi connectivity index (χ2v) is 4.88. The van der Waals surface area contributed by atoms with Gasteiger partial charge in [-0.15, -0.1) is 0 Å². The van der Waals surface area contributed by atoms with Crippen molar-refractivity contribution in [2.24, 2.45) is 0 Å². The molecule has 0 aromatic carbocycles. The molecule has 1 aliphatic rings. The zero-order valence-electron chi connectivity index (χ0n) is 10.8. The zero-order chi connectivity index (χ0) is 12.0. The third kappa shape index (κ3) is 4.94. The maximum atomic E-state index is 11.5. The van der Waals surface area contributed by atoms with Gasteiger partial charge in [-0.05, 0) is 46.8 Å². The van der Waals surface area contributed by atoms with E-state index in [1.54, 1.807) is 0 Å². The molecule has 0 atom stereocenters. The molecule has 4 heteroatoms. The van der Waals surface area contributed by atoms with Gasteiger partial charge in [0, 0.05) is 25.0 Å². The monoisotopic (exact) mass is 227 g/mol. The third-order valence-corrected chi connectivity index (χ3v) is 3.10. The van der Waals surface area contributed by atoms with Gasteiger partial charge in [-0.3, -0.25) is 4.79 Å². The number of hydrogen-bond donors (Lipinski definition) is 2. The molecule has 1 amide bonds. The summed E-state index contributed by atoms with van der Waals surface area (Å²) in [5.74, 6) is 0.172. The number of hydrogen-bond acceptors (Lipinski definition) is 3. The van der Waals surface area contributed by atoms with Crippen molar-refractivity contribution in [3.63, 3.8) is 0 Å². The van der Waals surface area contributed by atoms with E-state index in [1.165, 1.54) is 12.8 Å². The summed E-state index contributed by atoms with van der Waals surface area (Å²) in [5.41, 5.74) is 0. The molecule has 0 radical (unpaired) electrons. The Morgan fingerprint density at radius 3 is 2.50 bits per heavy atom. The molecule has 0 bridgehead atoms. The largest absolute Gasteiger partial charge is 0.354 e. The molecular formula is C12H25N3O. The van der Waals surface area contributed by atoms with E-state index < -0.39 is 0 Å². The summed E-state index contributed by atoms with van der Waals surface area (Å²) in [6.07, 6.45) is 3.02. The first-order chi connectivity index (χ1) is 7.61. The van der Waals surface area contributed by atoms with Crippen LogP contribution in [0, 0.1) is 0 Å². The predicted octanol–water partition coefficient (Wildman–Crippen LogP) is 0.585. The van der Waals surface area contributed by atoms with Crippen LogP contribution in [0.4, 0.5) is 0 Å². The van der Waals surface area contributed by atoms with Crippen LogP contribution in [0.5, 0.6) is 0 Å². The highest BCUT2D eigenvalue weighted by atomic mass is 16.1. The molecule has 1 aliphatic heterocycles. The van der Waals surface area contributed by atoms with Crippen LogP contribution in [0.2, 0.25) is 0 Å². The number of piperidine rings is 1. The van der Waals surface area contributed by atoms with Crippen molar-refractivity contribution in [2.75, 3.05) is 26.7 Å². The lowest BCUT2D eigenvalue weighted by molar-refractivity contribution is -0.121. The Morgan fingerprint density at radius 2 is 2.00 bits per heavy atom. The van der Waals surface area contributed by atoms with Crippen molar-refractivity contribution in [2.45, 2.75) is 45.2 Å². The molecule has 1 rings (SSSR count). The van der Waals surface area contributed by atoms with E-state index in [9.17, 15) is 4.79 Å². The summed E-state index contributed by atoms with van der Waals surface area (Å²) in [4.78, 5) is 13.8. The molecule has 16 heavy (non-hydrogen) atoms. The molecule has 0 aromatic rings. The Hall–Kier alpha value is -0.610. The van der Waals surface area contributed by atoms with Crippen molar-refractivity contribution in [3.8, 4) is 0 Å². The van der Waals surface area contributed by atoms with E-state index in [4.69, 9.17) is 0 Å². The summed E-state index contributed by atoms with van der Waals surface area (Å²) in [7, 11) is 2.02. The van der Waals surface area contributed by atoms with Crippen molar-refractivity contribution >= 4 is 5.91 Å². The van der Waals surface area contributed by atoms with E-state index in [-0.39, 0.29) is 11.9 Å². The molecular weight excluding hydrogens is 202 g/mol. The van der Waals surface area contributed by atoms with Crippen molar-refractivity contribution in [1.82, 2.24) is 15.5 Å². The standard InChI is InChI=1S/C12H25N3O/c1-10(2)14-12(16)6-9-15-7-4-11(13-3)5-8-15/h10-11,13H,4-9H2,1-3H3,(H,14,16). The Kier molecular flexibility index (Phi) is 5.77. The average Bonchev–Trinajstić information content (AvgIpc) is 2.26. The van der Waals surface area contributed by atoms with Crippen LogP contribution >= 0.6 is 0 Å². The van der Waals surface area contributed by atoms with Crippen molar-refractivity contribution in [3.05, 3.63) is 0 Å². The number of amides is 1. The zero-order valence-corrected chi connectivity index (χ0v) is 10.8. The van der Waals surface area contributed by atoms with E-state index in [0.717, 1.165) is 19.6 Å². The third-order valence-electron chi connectivity index (χ3n) is 3.10. The lowest BCUT2D eigenvalue weighted by atomic mass is 10.1. The number of rotatable bonds is 5. The summed E-state index contributed by atoms with van der Waals surface area (Å²) in [5, 5.41) is 6.23. The van der Waals surface area contributed by atoms with Gasteiger partial charge in [-0.1, -0.05) is 0 Å².